The Morgan fingerprint density at radius 1 is 1.22 bits per heavy atom. The van der Waals surface area contributed by atoms with E-state index in [-0.39, 0.29) is 24.4 Å². The van der Waals surface area contributed by atoms with Crippen LogP contribution in [0.1, 0.15) is 37.2 Å². The van der Waals surface area contributed by atoms with Gasteiger partial charge in [-0.15, -0.1) is 0 Å². The van der Waals surface area contributed by atoms with Crippen LogP contribution in [0.2, 0.25) is 0 Å². The molecule has 0 bridgehead atoms. The normalized spacial score (nSPS) is 16.6. The molecule has 8 heteroatoms. The van der Waals surface area contributed by atoms with Crippen LogP contribution in [0.3, 0.4) is 0 Å². The third-order valence-corrected chi connectivity index (χ3v) is 5.60. The first-order chi connectivity index (χ1) is 15.5. The standard InChI is InChI=1S/C24H28N4O4/c1-16(26-24(30)21-8-5-13-32-21)23-27-19-6-3-4-7-20(19)28(23)15-22(29)25-14-17-9-11-18(31-2)12-10-17/h3-4,6-7,9-12,16,21H,5,8,13-15H2,1-2H3,(H,25,29)(H,26,30). The van der Waals surface area contributed by atoms with Crippen LogP contribution in [0.25, 0.3) is 11.0 Å². The van der Waals surface area contributed by atoms with Crippen LogP contribution >= 0.6 is 0 Å². The highest BCUT2D eigenvalue weighted by Gasteiger charge is 2.27. The van der Waals surface area contributed by atoms with Gasteiger partial charge in [0.05, 0.1) is 24.2 Å². The molecule has 1 fully saturated rings. The van der Waals surface area contributed by atoms with E-state index < -0.39 is 6.10 Å². The average Bonchev–Trinajstić information content (AvgIpc) is 3.47. The zero-order chi connectivity index (χ0) is 22.5. The number of hydrogen-bond acceptors (Lipinski definition) is 5. The molecule has 2 unspecified atom stereocenters. The number of fused-ring (bicyclic) bond motifs is 1. The van der Waals surface area contributed by atoms with Gasteiger partial charge in [-0.1, -0.05) is 24.3 Å². The highest BCUT2D eigenvalue weighted by molar-refractivity contribution is 5.83. The van der Waals surface area contributed by atoms with Gasteiger partial charge in [0.25, 0.3) is 0 Å². The number of benzene rings is 2. The van der Waals surface area contributed by atoms with Gasteiger partial charge in [0.15, 0.2) is 0 Å². The first kappa shape index (κ1) is 21.8. The fourth-order valence-corrected chi connectivity index (χ4v) is 3.89. The van der Waals surface area contributed by atoms with Gasteiger partial charge in [-0.3, -0.25) is 9.59 Å². The quantitative estimate of drug-likeness (QED) is 0.566. The fourth-order valence-electron chi connectivity index (χ4n) is 3.89. The Kier molecular flexibility index (Phi) is 6.70. The highest BCUT2D eigenvalue weighted by atomic mass is 16.5. The van der Waals surface area contributed by atoms with Gasteiger partial charge < -0.3 is 24.7 Å². The first-order valence-corrected chi connectivity index (χ1v) is 10.8. The van der Waals surface area contributed by atoms with Gasteiger partial charge in [-0.25, -0.2) is 4.98 Å². The molecule has 3 aromatic rings. The summed E-state index contributed by atoms with van der Waals surface area (Å²) in [5.74, 6) is 1.13. The minimum Gasteiger partial charge on any atom is -0.497 e. The van der Waals surface area contributed by atoms with E-state index in [4.69, 9.17) is 14.5 Å². The van der Waals surface area contributed by atoms with Gasteiger partial charge in [-0.2, -0.15) is 0 Å². The second-order valence-electron chi connectivity index (χ2n) is 7.90. The van der Waals surface area contributed by atoms with Crippen molar-refractivity contribution in [1.29, 1.82) is 0 Å². The number of imidazole rings is 1. The Bertz CT molecular complexity index is 1090. The second-order valence-corrected chi connectivity index (χ2v) is 7.90. The topological polar surface area (TPSA) is 94.5 Å². The molecule has 2 aromatic carbocycles. The second kappa shape index (κ2) is 9.82. The minimum atomic E-state index is -0.414. The summed E-state index contributed by atoms with van der Waals surface area (Å²) in [5.41, 5.74) is 2.61. The number of rotatable bonds is 8. The van der Waals surface area contributed by atoms with E-state index in [1.54, 1.807) is 7.11 Å². The maximum absolute atomic E-state index is 12.8. The molecular formula is C24H28N4O4. The van der Waals surface area contributed by atoms with E-state index >= 15 is 0 Å². The maximum atomic E-state index is 12.8. The summed E-state index contributed by atoms with van der Waals surface area (Å²) in [6.07, 6.45) is 1.20. The summed E-state index contributed by atoms with van der Waals surface area (Å²) >= 11 is 0. The van der Waals surface area contributed by atoms with E-state index in [1.807, 2.05) is 60.0 Å². The van der Waals surface area contributed by atoms with Crippen molar-refractivity contribution in [3.8, 4) is 5.75 Å². The van der Waals surface area contributed by atoms with E-state index in [2.05, 4.69) is 10.6 Å². The molecule has 8 nitrogen and oxygen atoms in total. The number of nitrogens with zero attached hydrogens (tertiary/aromatic N) is 2. The van der Waals surface area contributed by atoms with Crippen LogP contribution in [0.4, 0.5) is 0 Å². The summed E-state index contributed by atoms with van der Waals surface area (Å²) in [7, 11) is 1.62. The maximum Gasteiger partial charge on any atom is 0.249 e. The van der Waals surface area contributed by atoms with Crippen molar-refractivity contribution in [2.24, 2.45) is 0 Å². The molecule has 2 atom stereocenters. The van der Waals surface area contributed by atoms with Crippen molar-refractivity contribution >= 4 is 22.8 Å². The first-order valence-electron chi connectivity index (χ1n) is 10.8. The zero-order valence-corrected chi connectivity index (χ0v) is 18.3. The number of aromatic nitrogens is 2. The predicted molar refractivity (Wildman–Crippen MR) is 120 cm³/mol. The lowest BCUT2D eigenvalue weighted by Crippen LogP contribution is -2.37. The van der Waals surface area contributed by atoms with Crippen molar-refractivity contribution in [2.45, 2.75) is 45.0 Å². The third-order valence-electron chi connectivity index (χ3n) is 5.60. The SMILES string of the molecule is COc1ccc(CNC(=O)Cn2c(C(C)NC(=O)C3CCCO3)nc3ccccc32)cc1. The number of ether oxygens (including phenoxy) is 2. The van der Waals surface area contributed by atoms with E-state index in [1.165, 1.54) is 0 Å². The Balaban J connectivity index is 1.47. The Labute approximate surface area is 186 Å². The number of para-hydroxylation sites is 2. The lowest BCUT2D eigenvalue weighted by atomic mass is 10.2. The van der Waals surface area contributed by atoms with Crippen LogP contribution in [0.5, 0.6) is 5.75 Å². The molecule has 0 spiro atoms. The molecule has 0 radical (unpaired) electrons. The summed E-state index contributed by atoms with van der Waals surface area (Å²) in [5, 5.41) is 5.95. The lowest BCUT2D eigenvalue weighted by molar-refractivity contribution is -0.130. The number of nitrogens with one attached hydrogen (secondary N) is 2. The highest BCUT2D eigenvalue weighted by Crippen LogP contribution is 2.22. The zero-order valence-electron chi connectivity index (χ0n) is 18.3. The molecule has 2 N–H and O–H groups in total. The number of hydrogen-bond donors (Lipinski definition) is 2. The summed E-state index contributed by atoms with van der Waals surface area (Å²) in [6, 6.07) is 14.8. The minimum absolute atomic E-state index is 0.103. The van der Waals surface area contributed by atoms with Crippen LogP contribution in [-0.4, -0.2) is 41.2 Å². The summed E-state index contributed by atoms with van der Waals surface area (Å²) < 4.78 is 12.5. The van der Waals surface area contributed by atoms with Crippen molar-refractivity contribution in [1.82, 2.24) is 20.2 Å². The Morgan fingerprint density at radius 2 is 2.00 bits per heavy atom. The number of carbonyl (C=O) groups excluding carboxylic acids is 2. The number of carbonyl (C=O) groups is 2. The van der Waals surface area contributed by atoms with Crippen LogP contribution in [0, 0.1) is 0 Å². The molecular weight excluding hydrogens is 408 g/mol. The van der Waals surface area contributed by atoms with Crippen LogP contribution < -0.4 is 15.4 Å². The van der Waals surface area contributed by atoms with Crippen LogP contribution in [0.15, 0.2) is 48.5 Å². The Morgan fingerprint density at radius 3 is 2.72 bits per heavy atom. The molecule has 0 saturated carbocycles. The molecule has 0 aliphatic carbocycles. The Hall–Kier alpha value is -3.39. The fraction of sp³-hybridized carbons (Fsp3) is 0.375. The van der Waals surface area contributed by atoms with Gasteiger partial charge in [0.2, 0.25) is 11.8 Å². The third kappa shape index (κ3) is 4.91. The van der Waals surface area contributed by atoms with Gasteiger partial charge in [0.1, 0.15) is 24.2 Å². The van der Waals surface area contributed by atoms with E-state index in [0.717, 1.165) is 35.2 Å². The molecule has 1 aromatic heterocycles. The summed E-state index contributed by atoms with van der Waals surface area (Å²) in [4.78, 5) is 30.0. The molecule has 2 heterocycles. The predicted octanol–water partition coefficient (Wildman–Crippen LogP) is 2.72. The smallest absolute Gasteiger partial charge is 0.249 e. The molecule has 2 amide bonds. The average molecular weight is 437 g/mol. The molecule has 32 heavy (non-hydrogen) atoms. The number of amides is 2. The van der Waals surface area contributed by atoms with Gasteiger partial charge in [0, 0.05) is 13.2 Å². The molecule has 1 aliphatic rings. The monoisotopic (exact) mass is 436 g/mol. The number of methoxy groups -OCH3 is 1. The van der Waals surface area contributed by atoms with Crippen molar-refractivity contribution in [3.05, 3.63) is 59.9 Å². The van der Waals surface area contributed by atoms with E-state index in [9.17, 15) is 9.59 Å². The molecule has 1 aliphatic heterocycles. The van der Waals surface area contributed by atoms with Gasteiger partial charge >= 0.3 is 0 Å². The largest absolute Gasteiger partial charge is 0.497 e. The summed E-state index contributed by atoms with van der Waals surface area (Å²) in [6.45, 7) is 3.00. The van der Waals surface area contributed by atoms with E-state index in [0.29, 0.717) is 19.0 Å². The van der Waals surface area contributed by atoms with Crippen molar-refractivity contribution in [3.63, 3.8) is 0 Å². The van der Waals surface area contributed by atoms with Crippen LogP contribution in [-0.2, 0) is 27.4 Å². The van der Waals surface area contributed by atoms with Crippen molar-refractivity contribution in [2.75, 3.05) is 13.7 Å². The van der Waals surface area contributed by atoms with Crippen molar-refractivity contribution < 1.29 is 19.1 Å². The molecule has 4 rings (SSSR count). The lowest BCUT2D eigenvalue weighted by Gasteiger charge is -2.18. The molecule has 168 valence electrons. The van der Waals surface area contributed by atoms with Gasteiger partial charge in [-0.05, 0) is 49.6 Å². The molecule has 1 saturated heterocycles.